The lowest BCUT2D eigenvalue weighted by atomic mass is 10.1. The van der Waals surface area contributed by atoms with E-state index in [9.17, 15) is 9.18 Å². The minimum absolute atomic E-state index is 0.131. The minimum Gasteiger partial charge on any atom is -0.357 e. The Morgan fingerprint density at radius 3 is 2.84 bits per heavy atom. The third-order valence-corrected chi connectivity index (χ3v) is 5.60. The third-order valence-electron chi connectivity index (χ3n) is 5.60. The molecule has 0 atom stereocenters. The molecular formula is C23H23FN6O. The van der Waals surface area contributed by atoms with Crippen LogP contribution >= 0.6 is 0 Å². The molecule has 158 valence electrons. The molecule has 31 heavy (non-hydrogen) atoms. The standard InChI is InChI=1S/C23H23FN6O/c24-17-2-1-15-11-19(27-21(15)13-17)14-30-10-6-16(12-22(30)31)20-5-9-26-23(29-20)28-18-3-7-25-8-4-18/h1-2,5-6,9-13,18,25,27H,3-4,7-8,14H2,(H,26,28,29). The van der Waals surface area contributed by atoms with Crippen molar-refractivity contribution in [2.24, 2.45) is 0 Å². The molecule has 0 aliphatic carbocycles. The molecule has 0 bridgehead atoms. The van der Waals surface area contributed by atoms with E-state index in [2.05, 4.69) is 25.6 Å². The normalized spacial score (nSPS) is 14.7. The van der Waals surface area contributed by atoms with Crippen LogP contribution < -0.4 is 16.2 Å². The number of aromatic nitrogens is 4. The van der Waals surface area contributed by atoms with E-state index < -0.39 is 0 Å². The molecule has 8 heteroatoms. The Morgan fingerprint density at radius 2 is 2.00 bits per heavy atom. The summed E-state index contributed by atoms with van der Waals surface area (Å²) in [6, 6.07) is 12.2. The Hall–Kier alpha value is -3.52. The van der Waals surface area contributed by atoms with Crippen LogP contribution in [0.1, 0.15) is 18.5 Å². The van der Waals surface area contributed by atoms with Gasteiger partial charge in [0, 0.05) is 41.3 Å². The number of nitrogens with one attached hydrogen (secondary N) is 3. The van der Waals surface area contributed by atoms with Gasteiger partial charge in [-0.2, -0.15) is 0 Å². The fourth-order valence-corrected chi connectivity index (χ4v) is 3.96. The van der Waals surface area contributed by atoms with Crippen molar-refractivity contribution < 1.29 is 4.39 Å². The lowest BCUT2D eigenvalue weighted by Gasteiger charge is -2.23. The predicted molar refractivity (Wildman–Crippen MR) is 119 cm³/mol. The van der Waals surface area contributed by atoms with Crippen LogP contribution in [0.4, 0.5) is 10.3 Å². The van der Waals surface area contributed by atoms with Crippen LogP contribution in [-0.4, -0.2) is 38.7 Å². The van der Waals surface area contributed by atoms with E-state index in [0.717, 1.165) is 48.1 Å². The quantitative estimate of drug-likeness (QED) is 0.464. The van der Waals surface area contributed by atoms with Crippen molar-refractivity contribution in [2.45, 2.75) is 25.4 Å². The molecule has 1 saturated heterocycles. The topological polar surface area (TPSA) is 87.6 Å². The van der Waals surface area contributed by atoms with Crippen molar-refractivity contribution in [3.05, 3.63) is 76.7 Å². The molecule has 3 N–H and O–H groups in total. The molecular weight excluding hydrogens is 395 g/mol. The van der Waals surface area contributed by atoms with Crippen LogP contribution in [0, 0.1) is 5.82 Å². The lowest BCUT2D eigenvalue weighted by molar-refractivity contribution is 0.477. The molecule has 5 rings (SSSR count). The van der Waals surface area contributed by atoms with Gasteiger partial charge in [0.25, 0.3) is 5.56 Å². The number of hydrogen-bond donors (Lipinski definition) is 3. The number of benzene rings is 1. The second kappa shape index (κ2) is 8.31. The summed E-state index contributed by atoms with van der Waals surface area (Å²) in [4.78, 5) is 24.8. The second-order valence-corrected chi connectivity index (χ2v) is 7.84. The van der Waals surface area contributed by atoms with Gasteiger partial charge >= 0.3 is 0 Å². The summed E-state index contributed by atoms with van der Waals surface area (Å²) in [7, 11) is 0. The number of aromatic amines is 1. The number of anilines is 1. The van der Waals surface area contributed by atoms with Gasteiger partial charge in [-0.05, 0) is 67.7 Å². The smallest absolute Gasteiger partial charge is 0.251 e. The third kappa shape index (κ3) is 4.34. The fraction of sp³-hybridized carbons (Fsp3) is 0.261. The zero-order valence-electron chi connectivity index (χ0n) is 16.9. The number of H-pyrrole nitrogens is 1. The van der Waals surface area contributed by atoms with Crippen LogP contribution in [0.3, 0.4) is 0 Å². The first kappa shape index (κ1) is 19.4. The van der Waals surface area contributed by atoms with E-state index in [0.29, 0.717) is 24.2 Å². The second-order valence-electron chi connectivity index (χ2n) is 7.84. The maximum Gasteiger partial charge on any atom is 0.251 e. The molecule has 0 amide bonds. The van der Waals surface area contributed by atoms with Crippen LogP contribution in [0.2, 0.25) is 0 Å². The van der Waals surface area contributed by atoms with Gasteiger partial charge < -0.3 is 20.2 Å². The number of rotatable bonds is 5. The number of nitrogens with zero attached hydrogens (tertiary/aromatic N) is 3. The molecule has 4 heterocycles. The fourth-order valence-electron chi connectivity index (χ4n) is 3.96. The molecule has 1 aliphatic heterocycles. The van der Waals surface area contributed by atoms with Gasteiger partial charge in [-0.25, -0.2) is 14.4 Å². The van der Waals surface area contributed by atoms with Gasteiger partial charge in [0.2, 0.25) is 5.95 Å². The molecule has 1 aromatic carbocycles. The zero-order valence-corrected chi connectivity index (χ0v) is 16.9. The van der Waals surface area contributed by atoms with Gasteiger partial charge in [-0.1, -0.05) is 0 Å². The molecule has 0 radical (unpaired) electrons. The average Bonchev–Trinajstić information content (AvgIpc) is 3.17. The van der Waals surface area contributed by atoms with Crippen molar-refractivity contribution in [2.75, 3.05) is 18.4 Å². The van der Waals surface area contributed by atoms with Crippen LogP contribution in [0.25, 0.3) is 22.2 Å². The van der Waals surface area contributed by atoms with Crippen molar-refractivity contribution in [3.8, 4) is 11.3 Å². The first-order valence-electron chi connectivity index (χ1n) is 10.4. The summed E-state index contributed by atoms with van der Waals surface area (Å²) in [6.07, 6.45) is 5.53. The van der Waals surface area contributed by atoms with E-state index in [4.69, 9.17) is 0 Å². The molecule has 1 aliphatic rings. The summed E-state index contributed by atoms with van der Waals surface area (Å²) >= 11 is 0. The lowest BCUT2D eigenvalue weighted by Crippen LogP contribution is -2.35. The highest BCUT2D eigenvalue weighted by atomic mass is 19.1. The molecule has 0 spiro atoms. The van der Waals surface area contributed by atoms with E-state index in [1.54, 1.807) is 35.2 Å². The van der Waals surface area contributed by atoms with E-state index >= 15 is 0 Å². The number of halogens is 1. The molecule has 4 aromatic rings. The van der Waals surface area contributed by atoms with Gasteiger partial charge in [-0.15, -0.1) is 0 Å². The molecule has 0 saturated carbocycles. The van der Waals surface area contributed by atoms with E-state index in [-0.39, 0.29) is 11.4 Å². The Kier molecular flexibility index (Phi) is 5.21. The van der Waals surface area contributed by atoms with Crippen molar-refractivity contribution in [3.63, 3.8) is 0 Å². The summed E-state index contributed by atoms with van der Waals surface area (Å²) < 4.78 is 15.0. The minimum atomic E-state index is -0.290. The molecule has 7 nitrogen and oxygen atoms in total. The van der Waals surface area contributed by atoms with Crippen LogP contribution in [-0.2, 0) is 6.54 Å². The maximum absolute atomic E-state index is 13.4. The largest absolute Gasteiger partial charge is 0.357 e. The van der Waals surface area contributed by atoms with Crippen molar-refractivity contribution in [1.29, 1.82) is 0 Å². The average molecular weight is 418 g/mol. The number of piperidine rings is 1. The van der Waals surface area contributed by atoms with Crippen molar-refractivity contribution in [1.82, 2.24) is 24.8 Å². The molecule has 0 unspecified atom stereocenters. The number of pyridine rings is 1. The summed E-state index contributed by atoms with van der Waals surface area (Å²) in [5.74, 6) is 0.292. The monoisotopic (exact) mass is 418 g/mol. The number of hydrogen-bond acceptors (Lipinski definition) is 5. The zero-order chi connectivity index (χ0) is 21.2. The summed E-state index contributed by atoms with van der Waals surface area (Å²) in [5, 5.41) is 7.64. The Morgan fingerprint density at radius 1 is 1.13 bits per heavy atom. The maximum atomic E-state index is 13.4. The highest BCUT2D eigenvalue weighted by Crippen LogP contribution is 2.19. The van der Waals surface area contributed by atoms with Gasteiger partial charge in [-0.3, -0.25) is 4.79 Å². The Labute approximate surface area is 178 Å². The van der Waals surface area contributed by atoms with Gasteiger partial charge in [0.1, 0.15) is 5.82 Å². The first-order valence-corrected chi connectivity index (χ1v) is 10.4. The van der Waals surface area contributed by atoms with Crippen LogP contribution in [0.15, 0.2) is 59.7 Å². The Balaban J connectivity index is 1.35. The number of fused-ring (bicyclic) bond motifs is 1. The molecule has 3 aromatic heterocycles. The van der Waals surface area contributed by atoms with Gasteiger partial charge in [0.05, 0.1) is 12.2 Å². The predicted octanol–water partition coefficient (Wildman–Crippen LogP) is 3.14. The van der Waals surface area contributed by atoms with Gasteiger partial charge in [0.15, 0.2) is 0 Å². The van der Waals surface area contributed by atoms with E-state index in [1.807, 2.05) is 12.1 Å². The highest BCUT2D eigenvalue weighted by Gasteiger charge is 2.14. The Bertz CT molecular complexity index is 1270. The van der Waals surface area contributed by atoms with Crippen LogP contribution in [0.5, 0.6) is 0 Å². The van der Waals surface area contributed by atoms with E-state index in [1.165, 1.54) is 12.1 Å². The highest BCUT2D eigenvalue weighted by molar-refractivity contribution is 5.80. The summed E-state index contributed by atoms with van der Waals surface area (Å²) in [6.45, 7) is 2.35. The molecule has 1 fully saturated rings. The SMILES string of the molecule is O=c1cc(-c2ccnc(NC3CCNCC3)n2)ccn1Cc1cc2ccc(F)cc2[nH]1. The van der Waals surface area contributed by atoms with Crippen molar-refractivity contribution >= 4 is 16.9 Å². The summed E-state index contributed by atoms with van der Waals surface area (Å²) in [5.41, 5.74) is 2.88. The first-order chi connectivity index (χ1) is 15.1.